The van der Waals surface area contributed by atoms with Crippen LogP contribution in [0.1, 0.15) is 23.5 Å². The van der Waals surface area contributed by atoms with Gasteiger partial charge in [-0.1, -0.05) is 36.8 Å². The highest BCUT2D eigenvalue weighted by Crippen LogP contribution is 2.34. The quantitative estimate of drug-likeness (QED) is 0.786. The van der Waals surface area contributed by atoms with E-state index in [0.717, 1.165) is 18.2 Å². The van der Waals surface area contributed by atoms with E-state index in [1.807, 2.05) is 11.8 Å². The number of aromatic nitrogens is 1. The van der Waals surface area contributed by atoms with Crippen molar-refractivity contribution in [3.05, 3.63) is 10.0 Å². The van der Waals surface area contributed by atoms with Crippen molar-refractivity contribution in [2.45, 2.75) is 24.3 Å². The Hall–Kier alpha value is -0.460. The number of carbonyl (C=O) groups excluding carboxylic acids is 1. The number of halogens is 1. The van der Waals surface area contributed by atoms with Gasteiger partial charge < -0.3 is 9.64 Å². The van der Waals surface area contributed by atoms with E-state index < -0.39 is 5.97 Å². The second kappa shape index (κ2) is 5.67. The molecule has 0 spiro atoms. The van der Waals surface area contributed by atoms with E-state index in [-0.39, 0.29) is 5.15 Å². The Morgan fingerprint density at radius 2 is 2.06 bits per heavy atom. The molecule has 2 unspecified atom stereocenters. The molecule has 1 aromatic rings. The van der Waals surface area contributed by atoms with Gasteiger partial charge in [-0.25, -0.2) is 9.78 Å². The van der Waals surface area contributed by atoms with Crippen molar-refractivity contribution in [1.29, 1.82) is 0 Å². The normalized spacial score (nSPS) is 24.1. The number of rotatable bonds is 2. The lowest BCUT2D eigenvalue weighted by molar-refractivity contribution is 0.0606. The number of esters is 1. The molecule has 0 N–H and O–H groups in total. The van der Waals surface area contributed by atoms with E-state index in [0.29, 0.717) is 15.4 Å². The molecular weight excluding hydrogens is 292 g/mol. The molecule has 1 fully saturated rings. The highest BCUT2D eigenvalue weighted by molar-refractivity contribution is 8.00. The molecule has 0 amide bonds. The van der Waals surface area contributed by atoms with E-state index >= 15 is 0 Å². The van der Waals surface area contributed by atoms with Crippen molar-refractivity contribution in [2.75, 3.05) is 25.1 Å². The van der Waals surface area contributed by atoms with Crippen LogP contribution in [0.5, 0.6) is 0 Å². The summed E-state index contributed by atoms with van der Waals surface area (Å²) in [5.74, 6) is -0.420. The summed E-state index contributed by atoms with van der Waals surface area (Å²) in [6.45, 7) is 6.26. The molecular formula is C11H15ClN2O2S2. The molecule has 2 heterocycles. The van der Waals surface area contributed by atoms with Crippen molar-refractivity contribution >= 4 is 45.8 Å². The molecule has 1 saturated heterocycles. The van der Waals surface area contributed by atoms with E-state index in [1.54, 1.807) is 0 Å². The third-order valence-corrected chi connectivity index (χ3v) is 5.34. The highest BCUT2D eigenvalue weighted by atomic mass is 35.5. The Morgan fingerprint density at radius 3 is 2.61 bits per heavy atom. The Labute approximate surface area is 120 Å². The zero-order chi connectivity index (χ0) is 13.3. The molecule has 1 aliphatic rings. The fourth-order valence-corrected chi connectivity index (χ4v) is 4.52. The van der Waals surface area contributed by atoms with Crippen LogP contribution in [0.25, 0.3) is 0 Å². The van der Waals surface area contributed by atoms with Gasteiger partial charge >= 0.3 is 5.97 Å². The second-order valence-electron chi connectivity index (χ2n) is 4.27. The summed E-state index contributed by atoms with van der Waals surface area (Å²) < 4.78 is 4.68. The van der Waals surface area contributed by atoms with Gasteiger partial charge in [0, 0.05) is 23.6 Å². The molecule has 0 aliphatic carbocycles. The fourth-order valence-electron chi connectivity index (χ4n) is 1.98. The first kappa shape index (κ1) is 14.0. The molecule has 100 valence electrons. The Kier molecular flexibility index (Phi) is 4.40. The summed E-state index contributed by atoms with van der Waals surface area (Å²) >= 11 is 9.25. The van der Waals surface area contributed by atoms with E-state index in [1.165, 1.54) is 18.4 Å². The molecule has 0 aromatic carbocycles. The van der Waals surface area contributed by atoms with Crippen LogP contribution in [0.15, 0.2) is 0 Å². The highest BCUT2D eigenvalue weighted by Gasteiger charge is 2.26. The Balaban J connectivity index is 2.21. The average molecular weight is 307 g/mol. The van der Waals surface area contributed by atoms with Gasteiger partial charge in [0.25, 0.3) is 0 Å². The van der Waals surface area contributed by atoms with E-state index in [2.05, 4.69) is 28.5 Å². The van der Waals surface area contributed by atoms with Gasteiger partial charge in [0.15, 0.2) is 15.2 Å². The molecule has 0 saturated carbocycles. The maximum atomic E-state index is 11.5. The van der Waals surface area contributed by atoms with Gasteiger partial charge in [-0.2, -0.15) is 11.8 Å². The van der Waals surface area contributed by atoms with Crippen LogP contribution in [-0.4, -0.2) is 41.7 Å². The predicted molar refractivity (Wildman–Crippen MR) is 77.2 cm³/mol. The minimum Gasteiger partial charge on any atom is -0.465 e. The van der Waals surface area contributed by atoms with Crippen LogP contribution < -0.4 is 4.90 Å². The van der Waals surface area contributed by atoms with Crippen LogP contribution >= 0.6 is 34.7 Å². The van der Waals surface area contributed by atoms with Crippen molar-refractivity contribution < 1.29 is 9.53 Å². The van der Waals surface area contributed by atoms with Gasteiger partial charge in [-0.3, -0.25) is 0 Å². The summed E-state index contributed by atoms with van der Waals surface area (Å²) in [5.41, 5.74) is 0. The minimum absolute atomic E-state index is 0.236. The molecule has 0 bridgehead atoms. The molecule has 18 heavy (non-hydrogen) atoms. The number of hydrogen-bond acceptors (Lipinski definition) is 6. The van der Waals surface area contributed by atoms with E-state index in [4.69, 9.17) is 11.6 Å². The Morgan fingerprint density at radius 1 is 1.44 bits per heavy atom. The lowest BCUT2D eigenvalue weighted by Crippen LogP contribution is -2.40. The van der Waals surface area contributed by atoms with Crippen molar-refractivity contribution in [2.24, 2.45) is 0 Å². The zero-order valence-corrected chi connectivity index (χ0v) is 12.9. The number of nitrogens with zero attached hydrogens (tertiary/aromatic N) is 2. The maximum Gasteiger partial charge on any atom is 0.351 e. The number of thioether (sulfide) groups is 1. The van der Waals surface area contributed by atoms with Gasteiger partial charge in [0.05, 0.1) is 7.11 Å². The van der Waals surface area contributed by atoms with Crippen LogP contribution in [0.2, 0.25) is 5.15 Å². The van der Waals surface area contributed by atoms with Gasteiger partial charge in [0.2, 0.25) is 0 Å². The molecule has 4 nitrogen and oxygen atoms in total. The number of ether oxygens (including phenoxy) is 1. The maximum absolute atomic E-state index is 11.5. The first-order valence-electron chi connectivity index (χ1n) is 5.66. The summed E-state index contributed by atoms with van der Waals surface area (Å²) in [5, 5.41) is 2.15. The second-order valence-corrected chi connectivity index (χ2v) is 7.49. The predicted octanol–water partition coefficient (Wildman–Crippen LogP) is 2.91. The number of methoxy groups -OCH3 is 1. The summed E-state index contributed by atoms with van der Waals surface area (Å²) in [6, 6.07) is 0. The molecule has 2 atom stereocenters. The SMILES string of the molecule is COC(=O)c1sc(N2CC(C)SC(C)C2)nc1Cl. The molecule has 0 radical (unpaired) electrons. The molecule has 2 rings (SSSR count). The molecule has 1 aromatic heterocycles. The largest absolute Gasteiger partial charge is 0.465 e. The minimum atomic E-state index is -0.420. The first-order valence-corrected chi connectivity index (χ1v) is 7.80. The van der Waals surface area contributed by atoms with Gasteiger partial charge in [0.1, 0.15) is 0 Å². The third kappa shape index (κ3) is 2.92. The van der Waals surface area contributed by atoms with Gasteiger partial charge in [-0.05, 0) is 0 Å². The lowest BCUT2D eigenvalue weighted by atomic mass is 10.3. The molecule has 7 heteroatoms. The van der Waals surface area contributed by atoms with E-state index in [9.17, 15) is 4.79 Å². The van der Waals surface area contributed by atoms with Crippen molar-refractivity contribution in [3.8, 4) is 0 Å². The number of anilines is 1. The zero-order valence-electron chi connectivity index (χ0n) is 10.5. The lowest BCUT2D eigenvalue weighted by Gasteiger charge is -2.34. The third-order valence-electron chi connectivity index (χ3n) is 2.64. The van der Waals surface area contributed by atoms with Crippen LogP contribution in [0.3, 0.4) is 0 Å². The summed E-state index contributed by atoms with van der Waals surface area (Å²) in [7, 11) is 1.35. The van der Waals surface area contributed by atoms with Crippen molar-refractivity contribution in [1.82, 2.24) is 4.98 Å². The number of thiazole rings is 1. The van der Waals surface area contributed by atoms with Gasteiger partial charge in [-0.15, -0.1) is 0 Å². The Bertz CT molecular complexity index is 442. The summed E-state index contributed by atoms with van der Waals surface area (Å²) in [4.78, 5) is 18.3. The first-order chi connectivity index (χ1) is 8.51. The monoisotopic (exact) mass is 306 g/mol. The van der Waals surface area contributed by atoms with Crippen LogP contribution in [-0.2, 0) is 4.74 Å². The number of carbonyl (C=O) groups is 1. The average Bonchev–Trinajstić information content (AvgIpc) is 2.69. The standard InChI is InChI=1S/C11H15ClN2O2S2/c1-6-4-14(5-7(2)17-6)11-13-9(12)8(18-11)10(15)16-3/h6-7H,4-5H2,1-3H3. The fraction of sp³-hybridized carbons (Fsp3) is 0.636. The van der Waals surface area contributed by atoms with Crippen LogP contribution in [0, 0.1) is 0 Å². The summed E-state index contributed by atoms with van der Waals surface area (Å²) in [6.07, 6.45) is 0. The smallest absolute Gasteiger partial charge is 0.351 e. The molecule has 1 aliphatic heterocycles. The van der Waals surface area contributed by atoms with Crippen LogP contribution in [0.4, 0.5) is 5.13 Å². The van der Waals surface area contributed by atoms with Crippen molar-refractivity contribution in [3.63, 3.8) is 0 Å². The topological polar surface area (TPSA) is 42.4 Å². The number of hydrogen-bond donors (Lipinski definition) is 0.